The molecule has 3 nitrogen and oxygen atoms in total. The van der Waals surface area contributed by atoms with Crippen molar-refractivity contribution in [3.05, 3.63) is 12.4 Å². The van der Waals surface area contributed by atoms with Crippen LogP contribution in [0.3, 0.4) is 0 Å². The van der Waals surface area contributed by atoms with Crippen molar-refractivity contribution in [2.24, 2.45) is 0 Å². The van der Waals surface area contributed by atoms with Gasteiger partial charge < -0.3 is 0 Å². The maximum atomic E-state index is 4.27. The molecule has 0 fully saturated rings. The lowest BCUT2D eigenvalue weighted by atomic mass is 9.88. The van der Waals surface area contributed by atoms with Gasteiger partial charge >= 0.3 is 0 Å². The first kappa shape index (κ1) is 17.2. The van der Waals surface area contributed by atoms with Gasteiger partial charge in [-0.15, -0.1) is 5.10 Å². The molecule has 1 aromatic rings. The van der Waals surface area contributed by atoms with Crippen LogP contribution < -0.4 is 0 Å². The molecule has 0 aliphatic heterocycles. The highest BCUT2D eigenvalue weighted by molar-refractivity contribution is 4.83. The molecule has 1 atom stereocenters. The smallest absolute Gasteiger partial charge is 0.0693 e. The summed E-state index contributed by atoms with van der Waals surface area (Å²) in [6, 6.07) is 0. The summed E-state index contributed by atoms with van der Waals surface area (Å²) < 4.78 is 2.10. The molecule has 20 heavy (non-hydrogen) atoms. The molecule has 0 amide bonds. The van der Waals surface area contributed by atoms with E-state index in [0.29, 0.717) is 0 Å². The molecule has 0 saturated heterocycles. The van der Waals surface area contributed by atoms with Crippen molar-refractivity contribution in [1.29, 1.82) is 0 Å². The molecule has 0 radical (unpaired) electrons. The molecule has 0 spiro atoms. The molecule has 0 bridgehead atoms. The molecule has 0 aliphatic carbocycles. The third-order valence-corrected chi connectivity index (χ3v) is 4.36. The predicted octanol–water partition coefficient (Wildman–Crippen LogP) is 5.32. The first-order valence-electron chi connectivity index (χ1n) is 8.59. The Kier molecular flexibility index (Phi) is 8.56. The summed E-state index contributed by atoms with van der Waals surface area (Å²) in [6.45, 7) is 6.89. The van der Waals surface area contributed by atoms with Crippen molar-refractivity contribution in [2.45, 2.75) is 96.9 Å². The van der Waals surface area contributed by atoms with E-state index in [1.54, 1.807) is 6.20 Å². The van der Waals surface area contributed by atoms with Gasteiger partial charge in [0.05, 0.1) is 11.7 Å². The van der Waals surface area contributed by atoms with Crippen molar-refractivity contribution < 1.29 is 0 Å². The number of rotatable bonds is 12. The van der Waals surface area contributed by atoms with E-state index in [4.69, 9.17) is 0 Å². The lowest BCUT2D eigenvalue weighted by molar-refractivity contribution is 0.222. The van der Waals surface area contributed by atoms with E-state index >= 15 is 0 Å². The van der Waals surface area contributed by atoms with E-state index in [9.17, 15) is 0 Å². The number of aromatic nitrogens is 3. The fourth-order valence-corrected chi connectivity index (χ4v) is 2.89. The van der Waals surface area contributed by atoms with Crippen LogP contribution in [-0.4, -0.2) is 15.0 Å². The molecule has 0 saturated carbocycles. The van der Waals surface area contributed by atoms with Crippen molar-refractivity contribution in [3.63, 3.8) is 0 Å². The van der Waals surface area contributed by atoms with Crippen LogP contribution in [-0.2, 0) is 5.54 Å². The number of hydrogen-bond donors (Lipinski definition) is 0. The van der Waals surface area contributed by atoms with Gasteiger partial charge in [-0.2, -0.15) is 0 Å². The molecular weight excluding hydrogens is 246 g/mol. The normalized spacial score (nSPS) is 14.3. The van der Waals surface area contributed by atoms with Crippen LogP contribution in [0, 0.1) is 0 Å². The largest absolute Gasteiger partial charge is 0.247 e. The highest BCUT2D eigenvalue weighted by atomic mass is 15.4. The third-order valence-electron chi connectivity index (χ3n) is 4.36. The van der Waals surface area contributed by atoms with E-state index < -0.39 is 0 Å². The molecule has 1 aromatic heterocycles. The van der Waals surface area contributed by atoms with Gasteiger partial charge in [0.1, 0.15) is 0 Å². The lowest BCUT2D eigenvalue weighted by Crippen LogP contribution is -2.31. The molecule has 1 rings (SSSR count). The Morgan fingerprint density at radius 3 is 1.90 bits per heavy atom. The monoisotopic (exact) mass is 279 g/mol. The van der Waals surface area contributed by atoms with Gasteiger partial charge in [-0.3, -0.25) is 0 Å². The summed E-state index contributed by atoms with van der Waals surface area (Å²) in [5.74, 6) is 0. The van der Waals surface area contributed by atoms with E-state index in [0.717, 1.165) is 0 Å². The Bertz CT molecular complexity index is 321. The zero-order valence-corrected chi connectivity index (χ0v) is 13.8. The van der Waals surface area contributed by atoms with Gasteiger partial charge in [0.15, 0.2) is 0 Å². The van der Waals surface area contributed by atoms with Crippen LogP contribution in [0.4, 0.5) is 0 Å². The van der Waals surface area contributed by atoms with Crippen LogP contribution in [0.2, 0.25) is 0 Å². The SMILES string of the molecule is CCCCCCCC(C)(CCCCCC)n1ccnn1. The van der Waals surface area contributed by atoms with Gasteiger partial charge in [0.2, 0.25) is 0 Å². The molecular formula is C17H33N3. The van der Waals surface area contributed by atoms with E-state index in [2.05, 4.69) is 35.8 Å². The van der Waals surface area contributed by atoms with Crippen LogP contribution in [0.25, 0.3) is 0 Å². The summed E-state index contributed by atoms with van der Waals surface area (Å²) >= 11 is 0. The van der Waals surface area contributed by atoms with Gasteiger partial charge in [-0.1, -0.05) is 76.8 Å². The zero-order valence-electron chi connectivity index (χ0n) is 13.8. The average molecular weight is 279 g/mol. The van der Waals surface area contributed by atoms with Crippen molar-refractivity contribution in [3.8, 4) is 0 Å². The van der Waals surface area contributed by atoms with E-state index in [-0.39, 0.29) is 5.54 Å². The zero-order chi connectivity index (χ0) is 14.7. The van der Waals surface area contributed by atoms with Crippen molar-refractivity contribution >= 4 is 0 Å². The van der Waals surface area contributed by atoms with Crippen molar-refractivity contribution in [1.82, 2.24) is 15.0 Å². The fraction of sp³-hybridized carbons (Fsp3) is 0.882. The highest BCUT2D eigenvalue weighted by Gasteiger charge is 2.26. The average Bonchev–Trinajstić information content (AvgIpc) is 2.98. The second-order valence-electron chi connectivity index (χ2n) is 6.32. The van der Waals surface area contributed by atoms with Crippen LogP contribution >= 0.6 is 0 Å². The molecule has 116 valence electrons. The minimum atomic E-state index is 0.163. The molecule has 1 unspecified atom stereocenters. The molecule has 0 N–H and O–H groups in total. The standard InChI is InChI=1S/C17H33N3/c1-4-6-8-10-12-14-17(3,13-11-9-7-5-2)20-16-15-18-19-20/h15-16H,4-14H2,1-3H3. The Morgan fingerprint density at radius 1 is 0.850 bits per heavy atom. The summed E-state index contributed by atoms with van der Waals surface area (Å²) in [6.07, 6.45) is 18.3. The third kappa shape index (κ3) is 6.06. The number of unbranched alkanes of at least 4 members (excludes halogenated alkanes) is 7. The number of nitrogens with zero attached hydrogens (tertiary/aromatic N) is 3. The van der Waals surface area contributed by atoms with Crippen molar-refractivity contribution in [2.75, 3.05) is 0 Å². The van der Waals surface area contributed by atoms with E-state index in [1.807, 2.05) is 6.20 Å². The minimum absolute atomic E-state index is 0.163. The minimum Gasteiger partial charge on any atom is -0.247 e. The molecule has 0 aromatic carbocycles. The Hall–Kier alpha value is -0.860. The summed E-state index contributed by atoms with van der Waals surface area (Å²) in [7, 11) is 0. The summed E-state index contributed by atoms with van der Waals surface area (Å²) in [4.78, 5) is 0. The van der Waals surface area contributed by atoms with Crippen LogP contribution in [0.15, 0.2) is 12.4 Å². The maximum Gasteiger partial charge on any atom is 0.0693 e. The summed E-state index contributed by atoms with van der Waals surface area (Å²) in [5, 5.41) is 8.27. The quantitative estimate of drug-likeness (QED) is 0.484. The van der Waals surface area contributed by atoms with Gasteiger partial charge in [-0.25, -0.2) is 4.68 Å². The number of hydrogen-bond acceptors (Lipinski definition) is 2. The Balaban J connectivity index is 2.43. The maximum absolute atomic E-state index is 4.27. The second-order valence-corrected chi connectivity index (χ2v) is 6.32. The topological polar surface area (TPSA) is 30.7 Å². The molecule has 3 heteroatoms. The molecule has 1 heterocycles. The Labute approximate surface area is 125 Å². The van der Waals surface area contributed by atoms with Crippen LogP contribution in [0.5, 0.6) is 0 Å². The van der Waals surface area contributed by atoms with E-state index in [1.165, 1.54) is 70.6 Å². The highest BCUT2D eigenvalue weighted by Crippen LogP contribution is 2.29. The van der Waals surface area contributed by atoms with Crippen LogP contribution in [0.1, 0.15) is 91.4 Å². The first-order valence-corrected chi connectivity index (χ1v) is 8.59. The lowest BCUT2D eigenvalue weighted by Gasteiger charge is -2.30. The second kappa shape index (κ2) is 9.95. The van der Waals surface area contributed by atoms with Gasteiger partial charge in [0, 0.05) is 6.20 Å². The molecule has 0 aliphatic rings. The van der Waals surface area contributed by atoms with Gasteiger partial charge in [-0.05, 0) is 19.8 Å². The Morgan fingerprint density at radius 2 is 1.40 bits per heavy atom. The predicted molar refractivity (Wildman–Crippen MR) is 85.8 cm³/mol. The first-order chi connectivity index (χ1) is 9.73. The fourth-order valence-electron chi connectivity index (χ4n) is 2.89. The summed E-state index contributed by atoms with van der Waals surface area (Å²) in [5.41, 5.74) is 0.163. The van der Waals surface area contributed by atoms with Gasteiger partial charge in [0.25, 0.3) is 0 Å².